The number of nitrogens with one attached hydrogen (secondary N) is 1. The van der Waals surface area contributed by atoms with Crippen molar-refractivity contribution in [2.45, 2.75) is 33.2 Å². The van der Waals surface area contributed by atoms with Crippen molar-refractivity contribution in [2.75, 3.05) is 18.5 Å². The molecule has 2 aromatic rings. The number of benzene rings is 1. The lowest BCUT2D eigenvalue weighted by molar-refractivity contribution is 0.302. The fourth-order valence-electron chi connectivity index (χ4n) is 2.04. The third kappa shape index (κ3) is 4.30. The Bertz CT molecular complexity index is 508. The highest BCUT2D eigenvalue weighted by Gasteiger charge is 2.04. The van der Waals surface area contributed by atoms with Crippen LogP contribution in [0.15, 0.2) is 36.5 Å². The molecule has 0 fully saturated rings. The maximum absolute atomic E-state index is 5.70. The predicted octanol–water partition coefficient (Wildman–Crippen LogP) is 3.48. The summed E-state index contributed by atoms with van der Waals surface area (Å²) in [6, 6.07) is 9.93. The number of hydrogen-bond donors (Lipinski definition) is 1. The molecule has 0 amide bonds. The summed E-state index contributed by atoms with van der Waals surface area (Å²) in [7, 11) is 0. The summed E-state index contributed by atoms with van der Waals surface area (Å²) in [5.41, 5.74) is 1.05. The van der Waals surface area contributed by atoms with Crippen LogP contribution >= 0.6 is 0 Å². The lowest BCUT2D eigenvalue weighted by Crippen LogP contribution is -2.10. The van der Waals surface area contributed by atoms with E-state index in [1.807, 2.05) is 37.3 Å². The van der Waals surface area contributed by atoms with Gasteiger partial charge in [0.25, 0.3) is 0 Å². The van der Waals surface area contributed by atoms with Crippen molar-refractivity contribution < 1.29 is 4.74 Å². The maximum atomic E-state index is 5.70. The molecule has 0 saturated carbocycles. The first-order valence-electron chi connectivity index (χ1n) is 7.25. The molecular weight excluding hydrogens is 250 g/mol. The Morgan fingerprint density at radius 3 is 2.80 bits per heavy atom. The van der Waals surface area contributed by atoms with E-state index in [0.717, 1.165) is 43.3 Å². The van der Waals surface area contributed by atoms with Gasteiger partial charge in [0.15, 0.2) is 0 Å². The van der Waals surface area contributed by atoms with Gasteiger partial charge in [-0.3, -0.25) is 0 Å². The Balaban J connectivity index is 1.78. The average molecular weight is 273 g/mol. The number of ether oxygens (including phenoxy) is 1. The molecule has 20 heavy (non-hydrogen) atoms. The lowest BCUT2D eigenvalue weighted by atomic mass is 10.3. The first kappa shape index (κ1) is 14.4. The van der Waals surface area contributed by atoms with Gasteiger partial charge in [-0.25, -0.2) is 4.98 Å². The van der Waals surface area contributed by atoms with Crippen LogP contribution in [0.4, 0.5) is 5.95 Å². The highest BCUT2D eigenvalue weighted by Crippen LogP contribution is 2.11. The second-order valence-electron chi connectivity index (χ2n) is 4.84. The fraction of sp³-hybridized carbons (Fsp3) is 0.438. The molecule has 108 valence electrons. The standard InChI is InChI=1S/C16H23N3O/c1-3-10-17-16-18-14(2)13-19(16)11-7-12-20-15-8-5-4-6-9-15/h4-6,8-9,13H,3,7,10-12H2,1-2H3,(H,17,18). The van der Waals surface area contributed by atoms with Gasteiger partial charge in [0.1, 0.15) is 5.75 Å². The van der Waals surface area contributed by atoms with Gasteiger partial charge in [-0.05, 0) is 31.9 Å². The van der Waals surface area contributed by atoms with Gasteiger partial charge in [-0.15, -0.1) is 0 Å². The van der Waals surface area contributed by atoms with Crippen molar-refractivity contribution in [3.05, 3.63) is 42.2 Å². The Kier molecular flexibility index (Phi) is 5.47. The van der Waals surface area contributed by atoms with E-state index in [9.17, 15) is 0 Å². The second-order valence-corrected chi connectivity index (χ2v) is 4.84. The van der Waals surface area contributed by atoms with E-state index in [4.69, 9.17) is 4.74 Å². The summed E-state index contributed by atoms with van der Waals surface area (Å²) in [6.07, 6.45) is 4.15. The van der Waals surface area contributed by atoms with Crippen molar-refractivity contribution >= 4 is 5.95 Å². The number of aryl methyl sites for hydroxylation is 2. The molecule has 2 rings (SSSR count). The molecule has 1 N–H and O–H groups in total. The number of para-hydroxylation sites is 1. The minimum Gasteiger partial charge on any atom is -0.494 e. The Morgan fingerprint density at radius 2 is 2.05 bits per heavy atom. The van der Waals surface area contributed by atoms with Gasteiger partial charge in [0.2, 0.25) is 5.95 Å². The normalized spacial score (nSPS) is 10.5. The molecule has 1 aromatic carbocycles. The summed E-state index contributed by atoms with van der Waals surface area (Å²) in [6.45, 7) is 6.76. The van der Waals surface area contributed by atoms with Crippen LogP contribution < -0.4 is 10.1 Å². The van der Waals surface area contributed by atoms with Gasteiger partial charge in [-0.2, -0.15) is 0 Å². The van der Waals surface area contributed by atoms with Crippen LogP contribution in [0.2, 0.25) is 0 Å². The number of aromatic nitrogens is 2. The molecule has 0 aliphatic carbocycles. The third-order valence-electron chi connectivity index (χ3n) is 2.99. The summed E-state index contributed by atoms with van der Waals surface area (Å²) in [5.74, 6) is 1.89. The molecule has 0 radical (unpaired) electrons. The van der Waals surface area contributed by atoms with Gasteiger partial charge in [-0.1, -0.05) is 25.1 Å². The first-order chi connectivity index (χ1) is 9.79. The highest BCUT2D eigenvalue weighted by molar-refractivity contribution is 5.28. The zero-order valence-corrected chi connectivity index (χ0v) is 12.3. The highest BCUT2D eigenvalue weighted by atomic mass is 16.5. The molecule has 0 saturated heterocycles. The Hall–Kier alpha value is -1.97. The Morgan fingerprint density at radius 1 is 1.25 bits per heavy atom. The van der Waals surface area contributed by atoms with Gasteiger partial charge < -0.3 is 14.6 Å². The summed E-state index contributed by atoms with van der Waals surface area (Å²) in [4.78, 5) is 4.50. The SMILES string of the molecule is CCCNc1nc(C)cn1CCCOc1ccccc1. The molecule has 4 nitrogen and oxygen atoms in total. The number of hydrogen-bond acceptors (Lipinski definition) is 3. The largest absolute Gasteiger partial charge is 0.494 e. The molecule has 0 bridgehead atoms. The predicted molar refractivity (Wildman–Crippen MR) is 82.3 cm³/mol. The van der Waals surface area contributed by atoms with Crippen LogP contribution in [0, 0.1) is 6.92 Å². The molecule has 0 aliphatic heterocycles. The molecule has 0 spiro atoms. The lowest BCUT2D eigenvalue weighted by Gasteiger charge is -2.10. The fourth-order valence-corrected chi connectivity index (χ4v) is 2.04. The number of nitrogens with zero attached hydrogens (tertiary/aromatic N) is 2. The van der Waals surface area contributed by atoms with E-state index in [-0.39, 0.29) is 0 Å². The summed E-state index contributed by atoms with van der Waals surface area (Å²) in [5, 5.41) is 3.35. The number of imidazole rings is 1. The van der Waals surface area contributed by atoms with Crippen LogP contribution in [0.3, 0.4) is 0 Å². The number of rotatable bonds is 8. The maximum Gasteiger partial charge on any atom is 0.203 e. The molecule has 1 aromatic heterocycles. The van der Waals surface area contributed by atoms with Crippen LogP contribution in [0.25, 0.3) is 0 Å². The summed E-state index contributed by atoms with van der Waals surface area (Å²) < 4.78 is 7.87. The number of anilines is 1. The van der Waals surface area contributed by atoms with E-state index in [1.54, 1.807) is 0 Å². The van der Waals surface area contributed by atoms with Crippen molar-refractivity contribution in [3.8, 4) is 5.75 Å². The van der Waals surface area contributed by atoms with Crippen LogP contribution in [0.5, 0.6) is 5.75 Å². The van der Waals surface area contributed by atoms with Crippen molar-refractivity contribution in [2.24, 2.45) is 0 Å². The van der Waals surface area contributed by atoms with Gasteiger partial charge in [0.05, 0.1) is 12.3 Å². The molecular formula is C16H23N3O. The monoisotopic (exact) mass is 273 g/mol. The van der Waals surface area contributed by atoms with E-state index < -0.39 is 0 Å². The molecule has 1 heterocycles. The van der Waals surface area contributed by atoms with Gasteiger partial charge >= 0.3 is 0 Å². The minimum atomic E-state index is 0.717. The smallest absolute Gasteiger partial charge is 0.203 e. The van der Waals surface area contributed by atoms with Crippen LogP contribution in [0.1, 0.15) is 25.5 Å². The van der Waals surface area contributed by atoms with Gasteiger partial charge in [0, 0.05) is 19.3 Å². The van der Waals surface area contributed by atoms with Crippen LogP contribution in [-0.4, -0.2) is 22.7 Å². The van der Waals surface area contributed by atoms with E-state index >= 15 is 0 Å². The molecule has 0 unspecified atom stereocenters. The topological polar surface area (TPSA) is 39.1 Å². The summed E-state index contributed by atoms with van der Waals surface area (Å²) >= 11 is 0. The zero-order chi connectivity index (χ0) is 14.2. The molecule has 4 heteroatoms. The second kappa shape index (κ2) is 7.58. The van der Waals surface area contributed by atoms with E-state index in [2.05, 4.69) is 28.0 Å². The quantitative estimate of drug-likeness (QED) is 0.748. The van der Waals surface area contributed by atoms with Crippen LogP contribution in [-0.2, 0) is 6.54 Å². The van der Waals surface area contributed by atoms with E-state index in [0.29, 0.717) is 6.61 Å². The third-order valence-corrected chi connectivity index (χ3v) is 2.99. The zero-order valence-electron chi connectivity index (χ0n) is 12.3. The van der Waals surface area contributed by atoms with Crippen molar-refractivity contribution in [1.29, 1.82) is 0 Å². The van der Waals surface area contributed by atoms with E-state index in [1.165, 1.54) is 0 Å². The first-order valence-corrected chi connectivity index (χ1v) is 7.25. The Labute approximate surface area is 120 Å². The molecule has 0 atom stereocenters. The minimum absolute atomic E-state index is 0.717. The van der Waals surface area contributed by atoms with Crippen molar-refractivity contribution in [1.82, 2.24) is 9.55 Å². The van der Waals surface area contributed by atoms with Crippen molar-refractivity contribution in [3.63, 3.8) is 0 Å². The average Bonchev–Trinajstić information content (AvgIpc) is 2.82. The molecule has 0 aliphatic rings.